The van der Waals surface area contributed by atoms with E-state index in [9.17, 15) is 9.18 Å². The van der Waals surface area contributed by atoms with Crippen LogP contribution in [-0.2, 0) is 18.9 Å². The Labute approximate surface area is 141 Å². The van der Waals surface area contributed by atoms with Gasteiger partial charge in [0, 0.05) is 5.56 Å². The maximum absolute atomic E-state index is 11.7. The van der Waals surface area contributed by atoms with Gasteiger partial charge in [-0.05, 0) is 24.3 Å². The van der Waals surface area contributed by atoms with Crippen LogP contribution >= 0.6 is 0 Å². The normalized spacial score (nSPS) is 10.7. The first-order valence-corrected chi connectivity index (χ1v) is 7.92. The molecule has 0 bridgehead atoms. The molecule has 1 aromatic rings. The average molecular weight is 344 g/mol. The number of alkyl halides is 1. The Balaban J connectivity index is 1.81. The second kappa shape index (κ2) is 15.0. The van der Waals surface area contributed by atoms with Gasteiger partial charge in [0.2, 0.25) is 0 Å². The van der Waals surface area contributed by atoms with Crippen LogP contribution in [0.4, 0.5) is 4.39 Å². The van der Waals surface area contributed by atoms with E-state index < -0.39 is 6.67 Å². The van der Waals surface area contributed by atoms with Crippen LogP contribution in [0.25, 0.3) is 0 Å². The van der Waals surface area contributed by atoms with E-state index in [2.05, 4.69) is 0 Å². The van der Waals surface area contributed by atoms with Gasteiger partial charge in [-0.15, -0.1) is 0 Å². The zero-order valence-corrected chi connectivity index (χ0v) is 13.8. The van der Waals surface area contributed by atoms with Crippen molar-refractivity contribution in [2.24, 2.45) is 0 Å². The predicted octanol–water partition coefficient (Wildman–Crippen LogP) is 1.91. The van der Waals surface area contributed by atoms with Gasteiger partial charge in [0.1, 0.15) is 25.3 Å². The summed E-state index contributed by atoms with van der Waals surface area (Å²) in [6.45, 7) is 3.28. The summed E-state index contributed by atoms with van der Waals surface area (Å²) in [5.41, 5.74) is 0.618. The number of hydrogen-bond acceptors (Lipinski definition) is 6. The lowest BCUT2D eigenvalue weighted by atomic mass is 10.2. The van der Waals surface area contributed by atoms with Crippen LogP contribution < -0.4 is 4.74 Å². The zero-order chi connectivity index (χ0) is 17.3. The van der Waals surface area contributed by atoms with Crippen LogP contribution in [0.3, 0.4) is 0 Å². The fraction of sp³-hybridized carbons (Fsp3) is 0.588. The molecule has 0 spiro atoms. The fourth-order valence-electron chi connectivity index (χ4n) is 1.68. The molecule has 0 aromatic heterocycles. The van der Waals surface area contributed by atoms with Crippen molar-refractivity contribution in [3.8, 4) is 5.75 Å². The molecule has 7 heteroatoms. The van der Waals surface area contributed by atoms with Gasteiger partial charge in [0.15, 0.2) is 0 Å². The molecule has 136 valence electrons. The number of rotatable bonds is 16. The van der Waals surface area contributed by atoms with Gasteiger partial charge in [-0.1, -0.05) is 0 Å². The lowest BCUT2D eigenvalue weighted by Crippen LogP contribution is -2.14. The highest BCUT2D eigenvalue weighted by molar-refractivity contribution is 5.74. The van der Waals surface area contributed by atoms with Crippen molar-refractivity contribution in [1.82, 2.24) is 0 Å². The molecule has 6 nitrogen and oxygen atoms in total. The summed E-state index contributed by atoms with van der Waals surface area (Å²) in [7, 11) is 0. The van der Waals surface area contributed by atoms with E-state index >= 15 is 0 Å². The van der Waals surface area contributed by atoms with Crippen LogP contribution in [0.1, 0.15) is 10.4 Å². The Bertz CT molecular complexity index is 412. The molecule has 0 amide bonds. The molecule has 0 saturated carbocycles. The lowest BCUT2D eigenvalue weighted by molar-refractivity contribution is -0.00557. The fourth-order valence-corrected chi connectivity index (χ4v) is 1.68. The van der Waals surface area contributed by atoms with Crippen molar-refractivity contribution in [3.63, 3.8) is 0 Å². The quantitative estimate of drug-likeness (QED) is 0.337. The number of hydrogen-bond donors (Lipinski definition) is 0. The summed E-state index contributed by atoms with van der Waals surface area (Å²) in [6.07, 6.45) is 0.790. The molecule has 0 aliphatic carbocycles. The number of carbonyl (C=O) groups is 1. The van der Waals surface area contributed by atoms with Gasteiger partial charge < -0.3 is 23.7 Å². The largest absolute Gasteiger partial charge is 0.491 e. The molecule has 0 aliphatic rings. The van der Waals surface area contributed by atoms with Crippen LogP contribution in [0.15, 0.2) is 24.3 Å². The van der Waals surface area contributed by atoms with Crippen LogP contribution in [0.2, 0.25) is 0 Å². The van der Waals surface area contributed by atoms with Gasteiger partial charge in [-0.3, -0.25) is 4.79 Å². The molecule has 0 atom stereocenters. The monoisotopic (exact) mass is 344 g/mol. The Morgan fingerprint density at radius 2 is 1.17 bits per heavy atom. The van der Waals surface area contributed by atoms with Crippen LogP contribution in [0, 0.1) is 0 Å². The minimum absolute atomic E-state index is 0.116. The van der Waals surface area contributed by atoms with Gasteiger partial charge in [0.05, 0.1) is 52.9 Å². The highest BCUT2D eigenvalue weighted by Gasteiger charge is 1.96. The summed E-state index contributed by atoms with van der Waals surface area (Å²) in [5.74, 6) is 0.702. The molecule has 0 radical (unpaired) electrons. The lowest BCUT2D eigenvalue weighted by Gasteiger charge is -2.08. The van der Waals surface area contributed by atoms with Gasteiger partial charge in [-0.2, -0.15) is 0 Å². The van der Waals surface area contributed by atoms with Gasteiger partial charge in [0.25, 0.3) is 0 Å². The second-order valence-corrected chi connectivity index (χ2v) is 4.67. The predicted molar refractivity (Wildman–Crippen MR) is 86.6 cm³/mol. The van der Waals surface area contributed by atoms with Crippen molar-refractivity contribution in [2.75, 3.05) is 66.1 Å². The molecular weight excluding hydrogens is 319 g/mol. The summed E-state index contributed by atoms with van der Waals surface area (Å²) in [4.78, 5) is 10.5. The topological polar surface area (TPSA) is 63.2 Å². The highest BCUT2D eigenvalue weighted by Crippen LogP contribution is 2.10. The van der Waals surface area contributed by atoms with E-state index in [4.69, 9.17) is 23.7 Å². The van der Waals surface area contributed by atoms with E-state index in [1.807, 2.05) is 0 Å². The van der Waals surface area contributed by atoms with E-state index in [0.717, 1.165) is 6.29 Å². The Morgan fingerprint density at radius 3 is 1.62 bits per heavy atom. The molecule has 0 aliphatic heterocycles. The third-order valence-corrected chi connectivity index (χ3v) is 2.85. The van der Waals surface area contributed by atoms with Crippen molar-refractivity contribution in [3.05, 3.63) is 29.8 Å². The minimum Gasteiger partial charge on any atom is -0.491 e. The third-order valence-electron chi connectivity index (χ3n) is 2.85. The smallest absolute Gasteiger partial charge is 0.150 e. The van der Waals surface area contributed by atoms with Crippen LogP contribution in [-0.4, -0.2) is 72.4 Å². The van der Waals surface area contributed by atoms with E-state index in [0.29, 0.717) is 64.2 Å². The number of halogens is 1. The first kappa shape index (κ1) is 20.5. The zero-order valence-electron chi connectivity index (χ0n) is 13.8. The van der Waals surface area contributed by atoms with Crippen molar-refractivity contribution >= 4 is 6.29 Å². The molecule has 1 rings (SSSR count). The van der Waals surface area contributed by atoms with Crippen LogP contribution in [0.5, 0.6) is 5.75 Å². The first-order chi connectivity index (χ1) is 11.9. The number of aldehydes is 1. The summed E-state index contributed by atoms with van der Waals surface area (Å²) in [6, 6.07) is 6.89. The van der Waals surface area contributed by atoms with Crippen molar-refractivity contribution in [1.29, 1.82) is 0 Å². The maximum atomic E-state index is 11.7. The average Bonchev–Trinajstić information content (AvgIpc) is 2.62. The number of ether oxygens (including phenoxy) is 5. The maximum Gasteiger partial charge on any atom is 0.150 e. The second-order valence-electron chi connectivity index (χ2n) is 4.67. The standard InChI is InChI=1S/C17H25FO6/c18-5-6-20-7-8-21-9-10-22-11-12-23-13-14-24-17-3-1-16(15-19)2-4-17/h1-4,15H,5-14H2. The number of carbonyl (C=O) groups excluding carboxylic acids is 1. The molecule has 24 heavy (non-hydrogen) atoms. The summed E-state index contributed by atoms with van der Waals surface area (Å²) < 4.78 is 38.0. The van der Waals surface area contributed by atoms with E-state index in [1.165, 1.54) is 0 Å². The van der Waals surface area contributed by atoms with E-state index in [1.54, 1.807) is 24.3 Å². The molecule has 1 aromatic carbocycles. The molecule has 0 heterocycles. The molecule has 0 unspecified atom stereocenters. The van der Waals surface area contributed by atoms with Crippen molar-refractivity contribution < 1.29 is 32.9 Å². The molecule has 0 N–H and O–H groups in total. The van der Waals surface area contributed by atoms with Crippen molar-refractivity contribution in [2.45, 2.75) is 0 Å². The SMILES string of the molecule is O=Cc1ccc(OCCOCCOCCOCCOCCF)cc1. The molecule has 0 saturated heterocycles. The van der Waals surface area contributed by atoms with Gasteiger partial charge in [-0.25, -0.2) is 4.39 Å². The Kier molecular flexibility index (Phi) is 12.8. The highest BCUT2D eigenvalue weighted by atomic mass is 19.1. The summed E-state index contributed by atoms with van der Waals surface area (Å²) in [5, 5.41) is 0. The molecular formula is C17H25FO6. The minimum atomic E-state index is -0.472. The van der Waals surface area contributed by atoms with E-state index in [-0.39, 0.29) is 6.61 Å². The summed E-state index contributed by atoms with van der Waals surface area (Å²) >= 11 is 0. The third kappa shape index (κ3) is 11.1. The first-order valence-electron chi connectivity index (χ1n) is 7.92. The van der Waals surface area contributed by atoms with Gasteiger partial charge >= 0.3 is 0 Å². The number of benzene rings is 1. The Morgan fingerprint density at radius 1 is 0.708 bits per heavy atom. The Hall–Kier alpha value is -1.54. The molecule has 0 fully saturated rings.